The molecule has 2 aromatic heterocycles. The Morgan fingerprint density at radius 3 is 2.94 bits per heavy atom. The highest BCUT2D eigenvalue weighted by molar-refractivity contribution is 5.92. The first-order valence-corrected chi connectivity index (χ1v) is 4.91. The molecule has 0 fully saturated rings. The van der Waals surface area contributed by atoms with Gasteiger partial charge in [-0.25, -0.2) is 14.8 Å². The standard InChI is InChI=1S/C9H12N6O2/c1-5(8-11-3-13-14-8)15-4-12-6(7(15)10)9(16)17-2/h3-5H,10H2,1-2H3,(H,11,13,14). The van der Waals surface area contributed by atoms with Crippen LogP contribution in [0, 0.1) is 0 Å². The molecule has 0 spiro atoms. The van der Waals surface area contributed by atoms with Gasteiger partial charge in [0.15, 0.2) is 5.69 Å². The molecular weight excluding hydrogens is 224 g/mol. The van der Waals surface area contributed by atoms with Crippen molar-refractivity contribution in [3.63, 3.8) is 0 Å². The average molecular weight is 236 g/mol. The summed E-state index contributed by atoms with van der Waals surface area (Å²) in [5.41, 5.74) is 5.92. The Bertz CT molecular complexity index is 518. The summed E-state index contributed by atoms with van der Waals surface area (Å²) in [4.78, 5) is 19.3. The molecule has 1 unspecified atom stereocenters. The van der Waals surface area contributed by atoms with Crippen molar-refractivity contribution in [3.8, 4) is 0 Å². The Labute approximate surface area is 96.8 Å². The number of anilines is 1. The third-order valence-corrected chi connectivity index (χ3v) is 2.46. The van der Waals surface area contributed by atoms with Crippen LogP contribution in [0.5, 0.6) is 0 Å². The molecule has 3 N–H and O–H groups in total. The van der Waals surface area contributed by atoms with Crippen LogP contribution in [0.2, 0.25) is 0 Å². The monoisotopic (exact) mass is 236 g/mol. The van der Waals surface area contributed by atoms with E-state index in [2.05, 4.69) is 24.9 Å². The van der Waals surface area contributed by atoms with E-state index in [1.807, 2.05) is 6.92 Å². The maximum atomic E-state index is 11.3. The molecule has 0 amide bonds. The van der Waals surface area contributed by atoms with E-state index in [1.165, 1.54) is 19.8 Å². The molecule has 0 saturated heterocycles. The van der Waals surface area contributed by atoms with Crippen molar-refractivity contribution in [1.82, 2.24) is 24.7 Å². The first kappa shape index (κ1) is 11.1. The van der Waals surface area contributed by atoms with Crippen LogP contribution in [-0.2, 0) is 4.74 Å². The molecule has 0 aliphatic rings. The number of hydrogen-bond acceptors (Lipinski definition) is 6. The summed E-state index contributed by atoms with van der Waals surface area (Å²) < 4.78 is 6.19. The summed E-state index contributed by atoms with van der Waals surface area (Å²) in [5, 5.41) is 6.49. The summed E-state index contributed by atoms with van der Waals surface area (Å²) in [5.74, 6) is 0.303. The van der Waals surface area contributed by atoms with Gasteiger partial charge in [-0.1, -0.05) is 0 Å². The molecule has 8 heteroatoms. The summed E-state index contributed by atoms with van der Waals surface area (Å²) >= 11 is 0. The van der Waals surface area contributed by atoms with E-state index in [1.54, 1.807) is 4.57 Å². The second-order valence-electron chi connectivity index (χ2n) is 3.42. The van der Waals surface area contributed by atoms with Gasteiger partial charge in [0.25, 0.3) is 0 Å². The number of nitrogens with one attached hydrogen (secondary N) is 1. The van der Waals surface area contributed by atoms with Gasteiger partial charge >= 0.3 is 5.97 Å². The van der Waals surface area contributed by atoms with Gasteiger partial charge in [0.2, 0.25) is 0 Å². The molecule has 0 bridgehead atoms. The van der Waals surface area contributed by atoms with E-state index in [4.69, 9.17) is 5.73 Å². The highest BCUT2D eigenvalue weighted by Crippen LogP contribution is 2.20. The van der Waals surface area contributed by atoms with Gasteiger partial charge in [-0.05, 0) is 6.92 Å². The lowest BCUT2D eigenvalue weighted by molar-refractivity contribution is 0.0596. The molecule has 0 aliphatic carbocycles. The van der Waals surface area contributed by atoms with Crippen molar-refractivity contribution in [1.29, 1.82) is 0 Å². The fourth-order valence-corrected chi connectivity index (χ4v) is 1.48. The number of carbonyl (C=O) groups excluding carboxylic acids is 1. The number of rotatable bonds is 3. The molecule has 2 aromatic rings. The topological polar surface area (TPSA) is 112 Å². The van der Waals surface area contributed by atoms with Crippen molar-refractivity contribution >= 4 is 11.8 Å². The molecule has 2 heterocycles. The Hall–Kier alpha value is -2.38. The third kappa shape index (κ3) is 1.84. The van der Waals surface area contributed by atoms with Crippen molar-refractivity contribution in [3.05, 3.63) is 24.2 Å². The zero-order valence-corrected chi connectivity index (χ0v) is 9.41. The van der Waals surface area contributed by atoms with Crippen LogP contribution in [0.3, 0.4) is 0 Å². The summed E-state index contributed by atoms with van der Waals surface area (Å²) in [6, 6.07) is -0.191. The first-order valence-electron chi connectivity index (χ1n) is 4.91. The molecule has 17 heavy (non-hydrogen) atoms. The van der Waals surface area contributed by atoms with E-state index < -0.39 is 5.97 Å². The number of nitrogens with zero attached hydrogens (tertiary/aromatic N) is 4. The second kappa shape index (κ2) is 4.24. The van der Waals surface area contributed by atoms with Crippen LogP contribution in [0.4, 0.5) is 5.82 Å². The smallest absolute Gasteiger partial charge is 0.360 e. The molecular formula is C9H12N6O2. The lowest BCUT2D eigenvalue weighted by Crippen LogP contribution is -2.13. The molecule has 90 valence electrons. The number of nitrogen functional groups attached to an aromatic ring is 1. The number of esters is 1. The van der Waals surface area contributed by atoms with Gasteiger partial charge in [0, 0.05) is 0 Å². The van der Waals surface area contributed by atoms with E-state index in [0.29, 0.717) is 5.82 Å². The zero-order chi connectivity index (χ0) is 12.4. The van der Waals surface area contributed by atoms with E-state index in [-0.39, 0.29) is 17.6 Å². The number of H-pyrrole nitrogens is 1. The third-order valence-electron chi connectivity index (χ3n) is 2.46. The van der Waals surface area contributed by atoms with E-state index in [0.717, 1.165) is 0 Å². The van der Waals surface area contributed by atoms with E-state index in [9.17, 15) is 4.79 Å². The minimum Gasteiger partial charge on any atom is -0.464 e. The lowest BCUT2D eigenvalue weighted by Gasteiger charge is -2.11. The lowest BCUT2D eigenvalue weighted by atomic mass is 10.3. The van der Waals surface area contributed by atoms with Crippen LogP contribution in [0.1, 0.15) is 29.3 Å². The SMILES string of the molecule is COC(=O)c1ncn(C(C)c2ncn[nH]2)c1N. The predicted molar refractivity (Wildman–Crippen MR) is 58.2 cm³/mol. The van der Waals surface area contributed by atoms with E-state index >= 15 is 0 Å². The van der Waals surface area contributed by atoms with Crippen molar-refractivity contribution in [2.75, 3.05) is 12.8 Å². The summed E-state index contributed by atoms with van der Waals surface area (Å²) in [6.07, 6.45) is 2.87. The van der Waals surface area contributed by atoms with Crippen molar-refractivity contribution in [2.45, 2.75) is 13.0 Å². The number of methoxy groups -OCH3 is 1. The predicted octanol–water partition coefficient (Wildman–Crippen LogP) is -0.0207. The highest BCUT2D eigenvalue weighted by atomic mass is 16.5. The molecule has 0 radical (unpaired) electrons. The second-order valence-corrected chi connectivity index (χ2v) is 3.42. The fourth-order valence-electron chi connectivity index (χ4n) is 1.48. The Kier molecular flexibility index (Phi) is 2.77. The minimum atomic E-state index is -0.564. The molecule has 0 saturated carbocycles. The molecule has 2 rings (SSSR count). The summed E-state index contributed by atoms with van der Waals surface area (Å²) in [7, 11) is 1.28. The Balaban J connectivity index is 2.34. The zero-order valence-electron chi connectivity index (χ0n) is 9.41. The number of hydrogen-bond donors (Lipinski definition) is 2. The molecule has 0 aromatic carbocycles. The largest absolute Gasteiger partial charge is 0.464 e. The number of nitrogens with two attached hydrogens (primary N) is 1. The van der Waals surface area contributed by atoms with Crippen molar-refractivity contribution < 1.29 is 9.53 Å². The number of carbonyl (C=O) groups is 1. The number of ether oxygens (including phenoxy) is 1. The van der Waals surface area contributed by atoms with Gasteiger partial charge in [0.1, 0.15) is 18.0 Å². The molecule has 1 atom stereocenters. The Morgan fingerprint density at radius 1 is 1.59 bits per heavy atom. The van der Waals surface area contributed by atoms with Crippen LogP contribution < -0.4 is 5.73 Å². The van der Waals surface area contributed by atoms with Gasteiger partial charge in [-0.15, -0.1) is 0 Å². The molecule has 0 aliphatic heterocycles. The van der Waals surface area contributed by atoms with Crippen LogP contribution in [0.25, 0.3) is 0 Å². The normalized spacial score (nSPS) is 12.4. The molecule has 8 nitrogen and oxygen atoms in total. The number of aromatic amines is 1. The number of aromatic nitrogens is 5. The highest BCUT2D eigenvalue weighted by Gasteiger charge is 2.20. The van der Waals surface area contributed by atoms with Crippen LogP contribution in [-0.4, -0.2) is 37.8 Å². The maximum Gasteiger partial charge on any atom is 0.360 e. The first-order chi connectivity index (χ1) is 8.15. The quantitative estimate of drug-likeness (QED) is 0.724. The Morgan fingerprint density at radius 2 is 2.35 bits per heavy atom. The maximum absolute atomic E-state index is 11.3. The van der Waals surface area contributed by atoms with Gasteiger partial charge in [-0.3, -0.25) is 5.10 Å². The average Bonchev–Trinajstić information content (AvgIpc) is 2.96. The minimum absolute atomic E-state index is 0.0962. The van der Waals surface area contributed by atoms with Crippen molar-refractivity contribution in [2.24, 2.45) is 0 Å². The van der Waals surface area contributed by atoms with Gasteiger partial charge in [-0.2, -0.15) is 5.10 Å². The van der Waals surface area contributed by atoms with Gasteiger partial charge in [0.05, 0.1) is 19.5 Å². The van der Waals surface area contributed by atoms with Gasteiger partial charge < -0.3 is 15.0 Å². The van der Waals surface area contributed by atoms with Crippen LogP contribution >= 0.6 is 0 Å². The fraction of sp³-hybridized carbons (Fsp3) is 0.333. The summed E-state index contributed by atoms with van der Waals surface area (Å²) in [6.45, 7) is 1.86. The van der Waals surface area contributed by atoms with Crippen LogP contribution in [0.15, 0.2) is 12.7 Å². The number of imidazole rings is 1.